The van der Waals surface area contributed by atoms with E-state index in [-0.39, 0.29) is 10.8 Å². The Labute approximate surface area is 174 Å². The van der Waals surface area contributed by atoms with E-state index in [2.05, 4.69) is 5.32 Å². The summed E-state index contributed by atoms with van der Waals surface area (Å²) in [5.74, 6) is 0.742. The number of nitrogens with zero attached hydrogens (tertiary/aromatic N) is 1. The highest BCUT2D eigenvalue weighted by molar-refractivity contribution is 7.93. The molecular formula is C22H20N2O5S. The van der Waals surface area contributed by atoms with E-state index in [1.54, 1.807) is 67.8 Å². The van der Waals surface area contributed by atoms with E-state index in [1.165, 1.54) is 18.5 Å². The normalized spacial score (nSPS) is 13.8. The molecule has 0 unspecified atom stereocenters. The molecule has 3 aromatic carbocycles. The Morgan fingerprint density at radius 1 is 0.933 bits per heavy atom. The lowest BCUT2D eigenvalue weighted by Gasteiger charge is -2.29. The highest BCUT2D eigenvalue weighted by atomic mass is 32.2. The number of carbonyl (C=O) groups excluding carboxylic acids is 1. The molecule has 4 rings (SSSR count). The summed E-state index contributed by atoms with van der Waals surface area (Å²) in [5.41, 5.74) is 2.67. The molecule has 154 valence electrons. The number of anilines is 2. The van der Waals surface area contributed by atoms with Gasteiger partial charge in [0.2, 0.25) is 0 Å². The molecule has 0 aliphatic carbocycles. The van der Waals surface area contributed by atoms with Gasteiger partial charge >= 0.3 is 0 Å². The van der Waals surface area contributed by atoms with Crippen molar-refractivity contribution in [3.63, 3.8) is 0 Å². The first-order valence-corrected chi connectivity index (χ1v) is 10.6. The molecule has 0 radical (unpaired) electrons. The van der Waals surface area contributed by atoms with Gasteiger partial charge in [0, 0.05) is 29.8 Å². The zero-order valence-electron chi connectivity index (χ0n) is 16.7. The van der Waals surface area contributed by atoms with E-state index in [4.69, 9.17) is 9.47 Å². The summed E-state index contributed by atoms with van der Waals surface area (Å²) in [6.07, 6.45) is 0. The number of benzene rings is 3. The Balaban J connectivity index is 1.73. The van der Waals surface area contributed by atoms with Crippen molar-refractivity contribution in [2.75, 3.05) is 30.9 Å². The third-order valence-corrected chi connectivity index (χ3v) is 6.90. The summed E-state index contributed by atoms with van der Waals surface area (Å²) >= 11 is 0. The molecule has 7 nitrogen and oxygen atoms in total. The maximum absolute atomic E-state index is 12.9. The summed E-state index contributed by atoms with van der Waals surface area (Å²) in [4.78, 5) is 13.1. The first kappa shape index (κ1) is 19.8. The number of sulfonamides is 1. The minimum absolute atomic E-state index is 0.217. The van der Waals surface area contributed by atoms with E-state index in [1.807, 2.05) is 0 Å². The summed E-state index contributed by atoms with van der Waals surface area (Å²) in [7, 11) is 0.940. The number of fused-ring (bicyclic) bond motifs is 3. The maximum Gasteiger partial charge on any atom is 0.264 e. The van der Waals surface area contributed by atoms with Crippen LogP contribution >= 0.6 is 0 Å². The van der Waals surface area contributed by atoms with Crippen LogP contribution in [0.5, 0.6) is 11.5 Å². The average Bonchev–Trinajstić information content (AvgIpc) is 2.77. The van der Waals surface area contributed by atoms with E-state index in [0.717, 1.165) is 0 Å². The van der Waals surface area contributed by atoms with Crippen LogP contribution in [-0.2, 0) is 10.0 Å². The zero-order chi connectivity index (χ0) is 21.5. The molecule has 30 heavy (non-hydrogen) atoms. The van der Waals surface area contributed by atoms with Crippen LogP contribution in [-0.4, -0.2) is 35.6 Å². The molecule has 8 heteroatoms. The maximum atomic E-state index is 12.9. The molecule has 1 amide bonds. The quantitative estimate of drug-likeness (QED) is 0.689. The highest BCUT2D eigenvalue weighted by Gasteiger charge is 2.32. The van der Waals surface area contributed by atoms with Gasteiger partial charge < -0.3 is 14.8 Å². The minimum Gasteiger partial charge on any atom is -0.497 e. The van der Waals surface area contributed by atoms with Crippen molar-refractivity contribution < 1.29 is 22.7 Å². The van der Waals surface area contributed by atoms with Crippen LogP contribution in [0.1, 0.15) is 10.4 Å². The largest absolute Gasteiger partial charge is 0.497 e. The third-order valence-electron chi connectivity index (χ3n) is 5.07. The van der Waals surface area contributed by atoms with Crippen molar-refractivity contribution in [3.8, 4) is 22.6 Å². The van der Waals surface area contributed by atoms with Gasteiger partial charge in [-0.1, -0.05) is 18.2 Å². The average molecular weight is 424 g/mol. The molecule has 0 saturated heterocycles. The fourth-order valence-electron chi connectivity index (χ4n) is 3.45. The number of amides is 1. The molecule has 0 saturated carbocycles. The number of methoxy groups -OCH3 is 2. The van der Waals surface area contributed by atoms with Crippen molar-refractivity contribution in [3.05, 3.63) is 66.2 Å². The number of hydrogen-bond donors (Lipinski definition) is 1. The Hall–Kier alpha value is -3.52. The predicted molar refractivity (Wildman–Crippen MR) is 115 cm³/mol. The summed E-state index contributed by atoms with van der Waals surface area (Å²) in [5, 5.41) is 2.84. The molecule has 0 spiro atoms. The number of ether oxygens (including phenoxy) is 2. The Kier molecular flexibility index (Phi) is 4.87. The van der Waals surface area contributed by atoms with Crippen LogP contribution < -0.4 is 19.1 Å². The minimum atomic E-state index is -3.63. The third kappa shape index (κ3) is 3.15. The second kappa shape index (κ2) is 7.38. The molecule has 1 heterocycles. The molecular weight excluding hydrogens is 404 g/mol. The number of nitrogens with one attached hydrogen (secondary N) is 1. The van der Waals surface area contributed by atoms with Crippen molar-refractivity contribution in [2.24, 2.45) is 0 Å². The second-order valence-corrected chi connectivity index (χ2v) is 8.66. The van der Waals surface area contributed by atoms with Gasteiger partial charge in [-0.3, -0.25) is 9.10 Å². The molecule has 1 aliphatic heterocycles. The van der Waals surface area contributed by atoms with Gasteiger partial charge in [0.1, 0.15) is 11.5 Å². The summed E-state index contributed by atoms with van der Waals surface area (Å²) in [6, 6.07) is 16.8. The molecule has 0 aromatic heterocycles. The summed E-state index contributed by atoms with van der Waals surface area (Å²) in [6.45, 7) is 0. The topological polar surface area (TPSA) is 84.9 Å². The molecule has 0 atom stereocenters. The van der Waals surface area contributed by atoms with E-state index in [9.17, 15) is 13.2 Å². The van der Waals surface area contributed by atoms with Crippen LogP contribution in [0, 0.1) is 0 Å². The Morgan fingerprint density at radius 3 is 2.43 bits per heavy atom. The van der Waals surface area contributed by atoms with Gasteiger partial charge in [-0.05, 0) is 36.4 Å². The SMILES string of the molecule is COc1ccc(NC(=O)c2ccc3c(c2)-c2ccccc2S(=O)(=O)N3C)c(OC)c1. The first-order valence-electron chi connectivity index (χ1n) is 9.12. The molecule has 0 fully saturated rings. The fraction of sp³-hybridized carbons (Fsp3) is 0.136. The zero-order valence-corrected chi connectivity index (χ0v) is 17.5. The lowest BCUT2D eigenvalue weighted by atomic mass is 10.00. The van der Waals surface area contributed by atoms with Gasteiger partial charge in [-0.2, -0.15) is 0 Å². The van der Waals surface area contributed by atoms with Gasteiger partial charge in [0.05, 0.1) is 30.5 Å². The van der Waals surface area contributed by atoms with Crippen molar-refractivity contribution in [1.82, 2.24) is 0 Å². The molecule has 1 aliphatic rings. The molecule has 1 N–H and O–H groups in total. The predicted octanol–water partition coefficient (Wildman–Crippen LogP) is 3.76. The van der Waals surface area contributed by atoms with Crippen molar-refractivity contribution in [1.29, 1.82) is 0 Å². The van der Waals surface area contributed by atoms with Crippen LogP contribution in [0.25, 0.3) is 11.1 Å². The smallest absolute Gasteiger partial charge is 0.264 e. The lowest BCUT2D eigenvalue weighted by molar-refractivity contribution is 0.102. The monoisotopic (exact) mass is 424 g/mol. The van der Waals surface area contributed by atoms with E-state index >= 15 is 0 Å². The van der Waals surface area contributed by atoms with Crippen molar-refractivity contribution >= 4 is 27.3 Å². The highest BCUT2D eigenvalue weighted by Crippen LogP contribution is 2.42. The lowest BCUT2D eigenvalue weighted by Crippen LogP contribution is -2.30. The Morgan fingerprint density at radius 2 is 1.70 bits per heavy atom. The second-order valence-electron chi connectivity index (χ2n) is 6.72. The number of rotatable bonds is 4. The fourth-order valence-corrected chi connectivity index (χ4v) is 4.87. The van der Waals surface area contributed by atoms with Crippen LogP contribution in [0.2, 0.25) is 0 Å². The standard InChI is InChI=1S/C22H20N2O5S/c1-24-19-11-8-14(12-17(19)16-6-4-5-7-21(16)30(24,26)27)22(25)23-18-10-9-15(28-2)13-20(18)29-3/h4-13H,1-3H3,(H,23,25). The van der Waals surface area contributed by atoms with Gasteiger partial charge in [-0.25, -0.2) is 8.42 Å². The number of carbonyl (C=O) groups is 1. The summed E-state index contributed by atoms with van der Waals surface area (Å²) < 4.78 is 37.3. The van der Waals surface area contributed by atoms with Gasteiger partial charge in [0.25, 0.3) is 15.9 Å². The molecule has 3 aromatic rings. The first-order chi connectivity index (χ1) is 14.4. The van der Waals surface area contributed by atoms with Crippen LogP contribution in [0.4, 0.5) is 11.4 Å². The van der Waals surface area contributed by atoms with Crippen molar-refractivity contribution in [2.45, 2.75) is 4.90 Å². The van der Waals surface area contributed by atoms with E-state index in [0.29, 0.717) is 39.6 Å². The van der Waals surface area contributed by atoms with Gasteiger partial charge in [-0.15, -0.1) is 0 Å². The molecule has 0 bridgehead atoms. The van der Waals surface area contributed by atoms with E-state index < -0.39 is 10.0 Å². The Bertz CT molecular complexity index is 1250. The van der Waals surface area contributed by atoms with Gasteiger partial charge in [0.15, 0.2) is 0 Å². The van der Waals surface area contributed by atoms with Crippen LogP contribution in [0.3, 0.4) is 0 Å². The number of hydrogen-bond acceptors (Lipinski definition) is 5. The van der Waals surface area contributed by atoms with Crippen LogP contribution in [0.15, 0.2) is 65.6 Å².